The van der Waals surface area contributed by atoms with Crippen molar-refractivity contribution in [1.29, 1.82) is 0 Å². The molecule has 2 aliphatic rings. The first-order chi connectivity index (χ1) is 9.58. The first-order valence-electron chi connectivity index (χ1n) is 7.82. The average Bonchev–Trinajstić information content (AvgIpc) is 2.85. The normalized spacial score (nSPS) is 34.5. The molecule has 2 rings (SSSR count). The first-order valence-corrected chi connectivity index (χ1v) is 8.87. The summed E-state index contributed by atoms with van der Waals surface area (Å²) in [5.74, 6) is 1.26. The number of rotatable bonds is 5. The third-order valence-electron chi connectivity index (χ3n) is 4.40. The molecule has 4 nitrogen and oxygen atoms in total. The van der Waals surface area contributed by atoms with E-state index in [0.29, 0.717) is 5.25 Å². The summed E-state index contributed by atoms with van der Waals surface area (Å²) in [4.78, 5) is 26.6. The highest BCUT2D eigenvalue weighted by Crippen LogP contribution is 2.34. The lowest BCUT2D eigenvalue weighted by Gasteiger charge is -2.41. The zero-order valence-corrected chi connectivity index (χ0v) is 13.5. The van der Waals surface area contributed by atoms with Gasteiger partial charge in [-0.25, -0.2) is 0 Å². The van der Waals surface area contributed by atoms with Gasteiger partial charge in [-0.2, -0.15) is 11.8 Å². The summed E-state index contributed by atoms with van der Waals surface area (Å²) in [5.41, 5.74) is 0. The van der Waals surface area contributed by atoms with E-state index in [1.54, 1.807) is 0 Å². The van der Waals surface area contributed by atoms with E-state index < -0.39 is 0 Å². The lowest BCUT2D eigenvalue weighted by molar-refractivity contribution is -0.151. The number of carbonyl (C=O) groups excluding carboxylic acids is 2. The molecule has 0 aromatic carbocycles. The number of piperazine rings is 1. The molecule has 1 aliphatic carbocycles. The molecule has 0 bridgehead atoms. The maximum atomic E-state index is 12.6. The van der Waals surface area contributed by atoms with Crippen molar-refractivity contribution in [3.8, 4) is 0 Å². The Hall–Kier alpha value is -0.710. The molecule has 1 N–H and O–H groups in total. The van der Waals surface area contributed by atoms with Crippen LogP contribution >= 0.6 is 11.8 Å². The zero-order chi connectivity index (χ0) is 14.7. The van der Waals surface area contributed by atoms with Crippen molar-refractivity contribution in [3.05, 3.63) is 0 Å². The average molecular weight is 298 g/mol. The predicted octanol–water partition coefficient (Wildman–Crippen LogP) is 2.18. The Morgan fingerprint density at radius 3 is 2.70 bits per heavy atom. The van der Waals surface area contributed by atoms with E-state index in [9.17, 15) is 9.59 Å². The minimum atomic E-state index is -0.314. The molecule has 114 valence electrons. The van der Waals surface area contributed by atoms with Crippen molar-refractivity contribution in [2.45, 2.75) is 76.3 Å². The van der Waals surface area contributed by atoms with Gasteiger partial charge in [0.05, 0.1) is 0 Å². The molecular weight excluding hydrogens is 272 g/mol. The minimum Gasteiger partial charge on any atom is -0.343 e. The number of amides is 2. The highest BCUT2D eigenvalue weighted by atomic mass is 32.2. The van der Waals surface area contributed by atoms with Crippen LogP contribution in [0.2, 0.25) is 0 Å². The predicted molar refractivity (Wildman–Crippen MR) is 82.7 cm³/mol. The summed E-state index contributed by atoms with van der Waals surface area (Å²) in [7, 11) is 0. The molecule has 5 heteroatoms. The van der Waals surface area contributed by atoms with Gasteiger partial charge in [0.15, 0.2) is 0 Å². The third kappa shape index (κ3) is 3.13. The molecule has 4 atom stereocenters. The second-order valence-corrected chi connectivity index (χ2v) is 7.39. The van der Waals surface area contributed by atoms with Crippen LogP contribution in [-0.2, 0) is 9.59 Å². The molecule has 0 aromatic rings. The van der Waals surface area contributed by atoms with Crippen LogP contribution in [0.15, 0.2) is 0 Å². The number of nitrogens with one attached hydrogen (secondary N) is 1. The lowest BCUT2D eigenvalue weighted by atomic mass is 10.0. The van der Waals surface area contributed by atoms with Gasteiger partial charge in [0.2, 0.25) is 11.8 Å². The summed E-state index contributed by atoms with van der Waals surface area (Å²) >= 11 is 1.98. The molecule has 4 unspecified atom stereocenters. The van der Waals surface area contributed by atoms with Gasteiger partial charge in [0.1, 0.15) is 12.1 Å². The summed E-state index contributed by atoms with van der Waals surface area (Å²) in [6.45, 7) is 6.08. The second kappa shape index (κ2) is 6.83. The van der Waals surface area contributed by atoms with Gasteiger partial charge >= 0.3 is 0 Å². The minimum absolute atomic E-state index is 0.00893. The Morgan fingerprint density at radius 1 is 1.30 bits per heavy atom. The van der Waals surface area contributed by atoms with Gasteiger partial charge in [-0.1, -0.05) is 20.3 Å². The van der Waals surface area contributed by atoms with Crippen LogP contribution in [-0.4, -0.2) is 45.8 Å². The van der Waals surface area contributed by atoms with Crippen LogP contribution < -0.4 is 5.32 Å². The topological polar surface area (TPSA) is 49.4 Å². The van der Waals surface area contributed by atoms with Crippen molar-refractivity contribution in [1.82, 2.24) is 10.2 Å². The Labute approximate surface area is 126 Å². The van der Waals surface area contributed by atoms with Crippen LogP contribution in [0.25, 0.3) is 0 Å². The highest BCUT2D eigenvalue weighted by molar-refractivity contribution is 7.99. The third-order valence-corrected chi connectivity index (χ3v) is 5.63. The van der Waals surface area contributed by atoms with Gasteiger partial charge in [0.25, 0.3) is 0 Å². The van der Waals surface area contributed by atoms with Gasteiger partial charge < -0.3 is 10.2 Å². The molecule has 2 fully saturated rings. The van der Waals surface area contributed by atoms with E-state index in [-0.39, 0.29) is 29.9 Å². The Bertz CT molecular complexity index is 375. The number of thioether (sulfide) groups is 1. The number of carbonyl (C=O) groups is 2. The quantitative estimate of drug-likeness (QED) is 0.846. The molecule has 2 amide bonds. The summed E-state index contributed by atoms with van der Waals surface area (Å²) in [6.07, 6.45) is 4.91. The fourth-order valence-corrected chi connectivity index (χ4v) is 4.52. The molecule has 0 spiro atoms. The smallest absolute Gasteiger partial charge is 0.246 e. The Morgan fingerprint density at radius 2 is 2.05 bits per heavy atom. The van der Waals surface area contributed by atoms with E-state index in [0.717, 1.165) is 31.4 Å². The molecule has 0 radical (unpaired) electrons. The Balaban J connectivity index is 2.07. The monoisotopic (exact) mass is 298 g/mol. The molecule has 1 saturated heterocycles. The van der Waals surface area contributed by atoms with E-state index in [4.69, 9.17) is 0 Å². The fourth-order valence-electron chi connectivity index (χ4n) is 3.39. The number of hydrogen-bond donors (Lipinski definition) is 1. The summed E-state index contributed by atoms with van der Waals surface area (Å²) in [6, 6.07) is -0.362. The van der Waals surface area contributed by atoms with Gasteiger partial charge in [-0.05, 0) is 38.4 Å². The van der Waals surface area contributed by atoms with Gasteiger partial charge in [-0.3, -0.25) is 9.59 Å². The van der Waals surface area contributed by atoms with E-state index >= 15 is 0 Å². The van der Waals surface area contributed by atoms with Crippen molar-refractivity contribution < 1.29 is 9.59 Å². The van der Waals surface area contributed by atoms with Gasteiger partial charge in [0, 0.05) is 11.3 Å². The van der Waals surface area contributed by atoms with Crippen LogP contribution in [0.4, 0.5) is 0 Å². The zero-order valence-electron chi connectivity index (χ0n) is 12.7. The Kier molecular flexibility index (Phi) is 5.35. The van der Waals surface area contributed by atoms with E-state index in [1.807, 2.05) is 30.5 Å². The maximum absolute atomic E-state index is 12.6. The van der Waals surface area contributed by atoms with Crippen molar-refractivity contribution in [2.75, 3.05) is 5.75 Å². The van der Waals surface area contributed by atoms with Crippen LogP contribution in [0.3, 0.4) is 0 Å². The highest BCUT2D eigenvalue weighted by Gasteiger charge is 2.43. The van der Waals surface area contributed by atoms with Crippen LogP contribution in [0.5, 0.6) is 0 Å². The van der Waals surface area contributed by atoms with E-state index in [2.05, 4.69) is 12.2 Å². The molecule has 1 heterocycles. The largest absolute Gasteiger partial charge is 0.343 e. The second-order valence-electron chi connectivity index (χ2n) is 5.82. The number of hydrogen-bond acceptors (Lipinski definition) is 3. The SMILES string of the molecule is CCCC1NC(=O)C(C)N(C2CCC(SCC)C2)C1=O. The standard InChI is InChI=1S/C15H26N2O2S/c1-4-6-13-15(19)17(10(3)14(18)16-13)11-7-8-12(9-11)20-5-2/h10-13H,4-9H2,1-3H3,(H,16,18). The number of nitrogens with zero attached hydrogens (tertiary/aromatic N) is 1. The summed E-state index contributed by atoms with van der Waals surface area (Å²) < 4.78 is 0. The molecule has 0 aromatic heterocycles. The van der Waals surface area contributed by atoms with Crippen LogP contribution in [0.1, 0.15) is 52.9 Å². The van der Waals surface area contributed by atoms with E-state index in [1.165, 1.54) is 6.42 Å². The first kappa shape index (κ1) is 15.7. The maximum Gasteiger partial charge on any atom is 0.246 e. The van der Waals surface area contributed by atoms with Crippen molar-refractivity contribution >= 4 is 23.6 Å². The fraction of sp³-hybridized carbons (Fsp3) is 0.867. The molecular formula is C15H26N2O2S. The van der Waals surface area contributed by atoms with Crippen molar-refractivity contribution in [3.63, 3.8) is 0 Å². The molecule has 1 saturated carbocycles. The summed E-state index contributed by atoms with van der Waals surface area (Å²) in [5, 5.41) is 3.52. The van der Waals surface area contributed by atoms with Gasteiger partial charge in [-0.15, -0.1) is 0 Å². The molecule has 20 heavy (non-hydrogen) atoms. The van der Waals surface area contributed by atoms with Crippen molar-refractivity contribution in [2.24, 2.45) is 0 Å². The molecule has 1 aliphatic heterocycles. The van der Waals surface area contributed by atoms with Crippen LogP contribution in [0, 0.1) is 0 Å². The lowest BCUT2D eigenvalue weighted by Crippen LogP contribution is -2.64.